The van der Waals surface area contributed by atoms with Gasteiger partial charge in [0, 0.05) is 54.0 Å². The molecule has 1 amide bonds. The first-order chi connectivity index (χ1) is 8.19. The minimum absolute atomic E-state index is 0.199. The van der Waals surface area contributed by atoms with Crippen molar-refractivity contribution in [3.63, 3.8) is 0 Å². The highest BCUT2D eigenvalue weighted by Crippen LogP contribution is 2.11. The summed E-state index contributed by atoms with van der Waals surface area (Å²) < 4.78 is 11.2. The van der Waals surface area contributed by atoms with Crippen LogP contribution in [0.4, 0.5) is 5.69 Å². The van der Waals surface area contributed by atoms with Crippen LogP contribution in [0.3, 0.4) is 0 Å². The van der Waals surface area contributed by atoms with Crippen LogP contribution in [0.1, 0.15) is 17.3 Å². The van der Waals surface area contributed by atoms with Crippen molar-refractivity contribution in [2.45, 2.75) is 6.92 Å². The van der Waals surface area contributed by atoms with E-state index in [1.54, 1.807) is 19.3 Å². The third kappa shape index (κ3) is 4.14. The Labute approximate surface area is 103 Å². The van der Waals surface area contributed by atoms with E-state index in [2.05, 4.69) is 15.6 Å². The molecule has 94 valence electrons. The highest BCUT2D eigenvalue weighted by molar-refractivity contribution is 7.84. The summed E-state index contributed by atoms with van der Waals surface area (Å²) in [7, 11) is 0.895. The molecule has 0 aliphatic heterocycles. The molecule has 1 aromatic heterocycles. The first-order valence-electron chi connectivity index (χ1n) is 5.44. The van der Waals surface area contributed by atoms with E-state index in [0.29, 0.717) is 23.6 Å². The Morgan fingerprint density at radius 1 is 1.53 bits per heavy atom. The van der Waals surface area contributed by atoms with E-state index in [4.69, 9.17) is 0 Å². The number of aromatic nitrogens is 1. The standard InChI is InChI=1S/C11H17N3O2S/c1-3-17(16)7-6-14-11(15)9-8-13-5-4-10(9)12-2/h4-5,8H,3,6-7H2,1-2H3,(H,12,13)(H,14,15). The summed E-state index contributed by atoms with van der Waals surface area (Å²) in [5, 5.41) is 5.65. The Kier molecular flexibility index (Phi) is 5.62. The number of carbonyl (C=O) groups excluding carboxylic acids is 1. The summed E-state index contributed by atoms with van der Waals surface area (Å²) in [6.07, 6.45) is 3.13. The maximum Gasteiger partial charge on any atom is 0.254 e. The van der Waals surface area contributed by atoms with Crippen LogP contribution in [0.25, 0.3) is 0 Å². The fraction of sp³-hybridized carbons (Fsp3) is 0.455. The number of nitrogens with zero attached hydrogens (tertiary/aromatic N) is 1. The average Bonchev–Trinajstić information content (AvgIpc) is 2.38. The zero-order chi connectivity index (χ0) is 12.7. The fourth-order valence-corrected chi connectivity index (χ4v) is 1.93. The lowest BCUT2D eigenvalue weighted by Gasteiger charge is -2.08. The van der Waals surface area contributed by atoms with Crippen molar-refractivity contribution in [2.75, 3.05) is 30.4 Å². The Morgan fingerprint density at radius 2 is 2.29 bits per heavy atom. The first kappa shape index (κ1) is 13.6. The molecule has 0 saturated carbocycles. The molecule has 2 N–H and O–H groups in total. The van der Waals surface area contributed by atoms with E-state index in [0.717, 1.165) is 5.69 Å². The number of hydrogen-bond acceptors (Lipinski definition) is 4. The summed E-state index contributed by atoms with van der Waals surface area (Å²) in [5.41, 5.74) is 1.23. The smallest absolute Gasteiger partial charge is 0.254 e. The van der Waals surface area contributed by atoms with E-state index < -0.39 is 10.8 Å². The monoisotopic (exact) mass is 255 g/mol. The number of carbonyl (C=O) groups is 1. The van der Waals surface area contributed by atoms with Crippen molar-refractivity contribution >= 4 is 22.4 Å². The normalized spacial score (nSPS) is 11.9. The van der Waals surface area contributed by atoms with Gasteiger partial charge in [0.15, 0.2) is 0 Å². The van der Waals surface area contributed by atoms with E-state index in [1.807, 2.05) is 6.92 Å². The topological polar surface area (TPSA) is 71.1 Å². The van der Waals surface area contributed by atoms with Gasteiger partial charge in [0.25, 0.3) is 5.91 Å². The number of rotatable bonds is 6. The molecule has 5 nitrogen and oxygen atoms in total. The molecule has 0 saturated heterocycles. The first-order valence-corrected chi connectivity index (χ1v) is 6.92. The highest BCUT2D eigenvalue weighted by atomic mass is 32.2. The minimum Gasteiger partial charge on any atom is -0.387 e. The number of hydrogen-bond donors (Lipinski definition) is 2. The van der Waals surface area contributed by atoms with Gasteiger partial charge >= 0.3 is 0 Å². The number of anilines is 1. The van der Waals surface area contributed by atoms with Crippen LogP contribution in [0.5, 0.6) is 0 Å². The molecule has 1 rings (SSSR count). The van der Waals surface area contributed by atoms with Crippen LogP contribution in [-0.4, -0.2) is 40.2 Å². The molecular formula is C11H17N3O2S. The predicted molar refractivity (Wildman–Crippen MR) is 69.7 cm³/mol. The van der Waals surface area contributed by atoms with Gasteiger partial charge < -0.3 is 10.6 Å². The van der Waals surface area contributed by atoms with Crippen molar-refractivity contribution in [2.24, 2.45) is 0 Å². The van der Waals surface area contributed by atoms with Gasteiger partial charge in [-0.25, -0.2) is 0 Å². The molecule has 0 aliphatic carbocycles. The van der Waals surface area contributed by atoms with E-state index in [9.17, 15) is 9.00 Å². The van der Waals surface area contributed by atoms with Gasteiger partial charge in [0.2, 0.25) is 0 Å². The second-order valence-electron chi connectivity index (χ2n) is 3.36. The van der Waals surface area contributed by atoms with Crippen LogP contribution in [0.2, 0.25) is 0 Å². The van der Waals surface area contributed by atoms with Gasteiger partial charge in [-0.2, -0.15) is 0 Å². The van der Waals surface area contributed by atoms with Gasteiger partial charge in [0.05, 0.1) is 5.56 Å². The van der Waals surface area contributed by atoms with Crippen LogP contribution in [0, 0.1) is 0 Å². The lowest BCUT2D eigenvalue weighted by atomic mass is 10.2. The van der Waals surface area contributed by atoms with Gasteiger partial charge in [-0.05, 0) is 6.07 Å². The maximum atomic E-state index is 11.8. The summed E-state index contributed by atoms with van der Waals surface area (Å²) in [5.74, 6) is 0.901. The zero-order valence-electron chi connectivity index (χ0n) is 10.0. The minimum atomic E-state index is -0.853. The van der Waals surface area contributed by atoms with Crippen LogP contribution in [-0.2, 0) is 10.8 Å². The second kappa shape index (κ2) is 7.01. The van der Waals surface area contributed by atoms with Crippen molar-refractivity contribution in [1.82, 2.24) is 10.3 Å². The van der Waals surface area contributed by atoms with Crippen LogP contribution >= 0.6 is 0 Å². The molecule has 1 atom stereocenters. The average molecular weight is 255 g/mol. The van der Waals surface area contributed by atoms with Gasteiger partial charge in [0.1, 0.15) is 0 Å². The van der Waals surface area contributed by atoms with Crippen molar-refractivity contribution in [3.05, 3.63) is 24.0 Å². The molecule has 0 aliphatic rings. The third-order valence-corrected chi connectivity index (χ3v) is 3.58. The Morgan fingerprint density at radius 3 is 2.94 bits per heavy atom. The lowest BCUT2D eigenvalue weighted by Crippen LogP contribution is -2.28. The largest absolute Gasteiger partial charge is 0.387 e. The van der Waals surface area contributed by atoms with Crippen molar-refractivity contribution < 1.29 is 9.00 Å². The molecule has 1 heterocycles. The predicted octanol–water partition coefficient (Wildman–Crippen LogP) is 0.622. The molecule has 0 spiro atoms. The van der Waals surface area contributed by atoms with Gasteiger partial charge in [-0.3, -0.25) is 14.0 Å². The fourth-order valence-electron chi connectivity index (χ4n) is 1.31. The zero-order valence-corrected chi connectivity index (χ0v) is 10.8. The van der Waals surface area contributed by atoms with Crippen molar-refractivity contribution in [3.8, 4) is 0 Å². The Bertz CT molecular complexity index is 409. The quantitative estimate of drug-likeness (QED) is 0.782. The second-order valence-corrected chi connectivity index (χ2v) is 5.23. The number of amides is 1. The van der Waals surface area contributed by atoms with Crippen LogP contribution in [0.15, 0.2) is 18.5 Å². The maximum absolute atomic E-state index is 11.8. The molecule has 1 aromatic rings. The Hall–Kier alpha value is -1.43. The van der Waals surface area contributed by atoms with Crippen LogP contribution < -0.4 is 10.6 Å². The summed E-state index contributed by atoms with van der Waals surface area (Å²) in [6.45, 7) is 2.27. The molecule has 0 bridgehead atoms. The molecule has 0 aromatic carbocycles. The molecule has 0 fully saturated rings. The molecule has 0 radical (unpaired) electrons. The molecule has 17 heavy (non-hydrogen) atoms. The SMILES string of the molecule is CCS(=O)CCNC(=O)c1cnccc1NC. The highest BCUT2D eigenvalue weighted by Gasteiger charge is 2.10. The number of nitrogens with one attached hydrogen (secondary N) is 2. The lowest BCUT2D eigenvalue weighted by molar-refractivity contribution is 0.0956. The molecule has 6 heteroatoms. The summed E-state index contributed by atoms with van der Waals surface area (Å²) in [6, 6.07) is 1.74. The molecule has 1 unspecified atom stereocenters. The number of pyridine rings is 1. The summed E-state index contributed by atoms with van der Waals surface area (Å²) >= 11 is 0. The Balaban J connectivity index is 2.55. The van der Waals surface area contributed by atoms with Crippen molar-refractivity contribution in [1.29, 1.82) is 0 Å². The molecular weight excluding hydrogens is 238 g/mol. The summed E-state index contributed by atoms with van der Waals surface area (Å²) in [4.78, 5) is 15.7. The van der Waals surface area contributed by atoms with E-state index >= 15 is 0 Å². The van der Waals surface area contributed by atoms with E-state index in [1.165, 1.54) is 6.20 Å². The van der Waals surface area contributed by atoms with E-state index in [-0.39, 0.29) is 5.91 Å². The third-order valence-electron chi connectivity index (χ3n) is 2.27. The van der Waals surface area contributed by atoms with Gasteiger partial charge in [-0.15, -0.1) is 0 Å². The van der Waals surface area contributed by atoms with Gasteiger partial charge in [-0.1, -0.05) is 6.92 Å².